The predicted molar refractivity (Wildman–Crippen MR) is 51.0 cm³/mol. The summed E-state index contributed by atoms with van der Waals surface area (Å²) in [5.41, 5.74) is 0.739. The first-order valence-electron chi connectivity index (χ1n) is 4.58. The zero-order chi connectivity index (χ0) is 9.68. The standard InChI is InChI=1S/C11H15FO/c1-9(6-7-13)8-10-4-2-3-5-11(10)12/h2-5,9,13H,6-8H2,1H3. The molecule has 13 heavy (non-hydrogen) atoms. The van der Waals surface area contributed by atoms with Gasteiger partial charge in [-0.2, -0.15) is 0 Å². The molecule has 0 heterocycles. The molecular weight excluding hydrogens is 167 g/mol. The third-order valence-corrected chi connectivity index (χ3v) is 2.15. The summed E-state index contributed by atoms with van der Waals surface area (Å²) >= 11 is 0. The van der Waals surface area contributed by atoms with Crippen LogP contribution < -0.4 is 0 Å². The maximum absolute atomic E-state index is 13.1. The Balaban J connectivity index is 2.58. The topological polar surface area (TPSA) is 20.2 Å². The molecule has 0 spiro atoms. The Morgan fingerprint density at radius 1 is 1.38 bits per heavy atom. The summed E-state index contributed by atoms with van der Waals surface area (Å²) in [6.07, 6.45) is 1.43. The van der Waals surface area contributed by atoms with Crippen molar-refractivity contribution >= 4 is 0 Å². The summed E-state index contributed by atoms with van der Waals surface area (Å²) in [6.45, 7) is 2.19. The molecule has 1 aromatic carbocycles. The lowest BCUT2D eigenvalue weighted by atomic mass is 9.98. The van der Waals surface area contributed by atoms with Gasteiger partial charge >= 0.3 is 0 Å². The molecule has 0 aliphatic heterocycles. The molecule has 0 radical (unpaired) electrons. The average molecular weight is 182 g/mol. The Kier molecular flexibility index (Phi) is 3.90. The third kappa shape index (κ3) is 3.15. The van der Waals surface area contributed by atoms with Crippen molar-refractivity contribution in [1.29, 1.82) is 0 Å². The van der Waals surface area contributed by atoms with Gasteiger partial charge in [0, 0.05) is 6.61 Å². The third-order valence-electron chi connectivity index (χ3n) is 2.15. The molecule has 1 unspecified atom stereocenters. The van der Waals surface area contributed by atoms with Crippen LogP contribution in [0.3, 0.4) is 0 Å². The molecule has 1 nitrogen and oxygen atoms in total. The van der Waals surface area contributed by atoms with Crippen LogP contribution in [-0.4, -0.2) is 11.7 Å². The highest BCUT2D eigenvalue weighted by Gasteiger charge is 2.06. The van der Waals surface area contributed by atoms with E-state index in [1.54, 1.807) is 12.1 Å². The number of rotatable bonds is 4. The van der Waals surface area contributed by atoms with Crippen LogP contribution in [0.25, 0.3) is 0 Å². The van der Waals surface area contributed by atoms with Crippen molar-refractivity contribution in [3.63, 3.8) is 0 Å². The number of hydrogen-bond acceptors (Lipinski definition) is 1. The fraction of sp³-hybridized carbons (Fsp3) is 0.455. The van der Waals surface area contributed by atoms with Gasteiger partial charge in [-0.3, -0.25) is 0 Å². The van der Waals surface area contributed by atoms with Crippen molar-refractivity contribution < 1.29 is 9.50 Å². The molecular formula is C11H15FO. The van der Waals surface area contributed by atoms with E-state index in [2.05, 4.69) is 0 Å². The van der Waals surface area contributed by atoms with Gasteiger partial charge in [-0.1, -0.05) is 25.1 Å². The lowest BCUT2D eigenvalue weighted by Gasteiger charge is -2.09. The van der Waals surface area contributed by atoms with Gasteiger partial charge in [0.1, 0.15) is 5.82 Å². The van der Waals surface area contributed by atoms with Gasteiger partial charge in [0.05, 0.1) is 0 Å². The Morgan fingerprint density at radius 3 is 2.69 bits per heavy atom. The highest BCUT2D eigenvalue weighted by Crippen LogP contribution is 2.14. The van der Waals surface area contributed by atoms with E-state index in [0.29, 0.717) is 12.3 Å². The molecule has 0 aliphatic carbocycles. The van der Waals surface area contributed by atoms with Crippen LogP contribution in [0.4, 0.5) is 4.39 Å². The monoisotopic (exact) mass is 182 g/mol. The van der Waals surface area contributed by atoms with Crippen molar-refractivity contribution in [2.45, 2.75) is 19.8 Å². The SMILES string of the molecule is CC(CCO)Cc1ccccc1F. The first kappa shape index (κ1) is 10.2. The van der Waals surface area contributed by atoms with Crippen LogP contribution in [-0.2, 0) is 6.42 Å². The number of benzene rings is 1. The summed E-state index contributed by atoms with van der Waals surface area (Å²) in [5.74, 6) is 0.189. The predicted octanol–water partition coefficient (Wildman–Crippen LogP) is 2.39. The second kappa shape index (κ2) is 4.97. The summed E-state index contributed by atoms with van der Waals surface area (Å²) in [6, 6.07) is 6.80. The van der Waals surface area contributed by atoms with E-state index in [4.69, 9.17) is 5.11 Å². The van der Waals surface area contributed by atoms with Crippen LogP contribution in [0.1, 0.15) is 18.9 Å². The largest absolute Gasteiger partial charge is 0.396 e. The maximum Gasteiger partial charge on any atom is 0.126 e. The van der Waals surface area contributed by atoms with Gasteiger partial charge in [0.15, 0.2) is 0 Å². The first-order valence-corrected chi connectivity index (χ1v) is 4.58. The minimum atomic E-state index is -0.146. The summed E-state index contributed by atoms with van der Waals surface area (Å²) in [5, 5.41) is 8.69. The summed E-state index contributed by atoms with van der Waals surface area (Å²) in [7, 11) is 0. The first-order chi connectivity index (χ1) is 6.24. The Bertz CT molecular complexity index is 260. The van der Waals surface area contributed by atoms with Gasteiger partial charge < -0.3 is 5.11 Å². The van der Waals surface area contributed by atoms with E-state index in [1.165, 1.54) is 6.07 Å². The molecule has 0 bridgehead atoms. The highest BCUT2D eigenvalue weighted by atomic mass is 19.1. The summed E-state index contributed by atoms with van der Waals surface area (Å²) < 4.78 is 13.1. The fourth-order valence-electron chi connectivity index (χ4n) is 1.36. The van der Waals surface area contributed by atoms with Crippen LogP contribution in [0.5, 0.6) is 0 Å². The fourth-order valence-corrected chi connectivity index (χ4v) is 1.36. The lowest BCUT2D eigenvalue weighted by molar-refractivity contribution is 0.261. The van der Waals surface area contributed by atoms with Crippen LogP contribution >= 0.6 is 0 Å². The van der Waals surface area contributed by atoms with Gasteiger partial charge in [0.2, 0.25) is 0 Å². The maximum atomic E-state index is 13.1. The van der Waals surface area contributed by atoms with Crippen molar-refractivity contribution in [3.8, 4) is 0 Å². The molecule has 0 aromatic heterocycles. The van der Waals surface area contributed by atoms with Crippen molar-refractivity contribution in [3.05, 3.63) is 35.6 Å². The smallest absolute Gasteiger partial charge is 0.126 e. The average Bonchev–Trinajstić information content (AvgIpc) is 2.09. The van der Waals surface area contributed by atoms with E-state index in [9.17, 15) is 4.39 Å². The zero-order valence-electron chi connectivity index (χ0n) is 7.83. The number of hydrogen-bond donors (Lipinski definition) is 1. The molecule has 1 N–H and O–H groups in total. The Labute approximate surface area is 78.2 Å². The Morgan fingerprint density at radius 2 is 2.08 bits per heavy atom. The normalized spacial score (nSPS) is 12.8. The van der Waals surface area contributed by atoms with Gasteiger partial charge in [-0.15, -0.1) is 0 Å². The van der Waals surface area contributed by atoms with Crippen LogP contribution in [0.2, 0.25) is 0 Å². The molecule has 1 rings (SSSR count). The summed E-state index contributed by atoms with van der Waals surface area (Å²) in [4.78, 5) is 0. The molecule has 0 saturated heterocycles. The number of aliphatic hydroxyl groups excluding tert-OH is 1. The molecule has 1 aromatic rings. The van der Waals surface area contributed by atoms with E-state index >= 15 is 0 Å². The molecule has 72 valence electrons. The number of halogens is 1. The molecule has 0 fully saturated rings. The van der Waals surface area contributed by atoms with Crippen molar-refractivity contribution in [2.24, 2.45) is 5.92 Å². The zero-order valence-corrected chi connectivity index (χ0v) is 7.83. The van der Waals surface area contributed by atoms with Crippen molar-refractivity contribution in [2.75, 3.05) is 6.61 Å². The second-order valence-electron chi connectivity index (χ2n) is 3.41. The van der Waals surface area contributed by atoms with Gasteiger partial charge in [-0.05, 0) is 30.4 Å². The van der Waals surface area contributed by atoms with Gasteiger partial charge in [-0.25, -0.2) is 4.39 Å². The molecule has 0 aliphatic rings. The molecule has 1 atom stereocenters. The molecule has 0 saturated carbocycles. The quantitative estimate of drug-likeness (QED) is 0.758. The second-order valence-corrected chi connectivity index (χ2v) is 3.41. The van der Waals surface area contributed by atoms with Crippen LogP contribution in [0, 0.1) is 11.7 Å². The highest BCUT2D eigenvalue weighted by molar-refractivity contribution is 5.17. The van der Waals surface area contributed by atoms with Crippen molar-refractivity contribution in [1.82, 2.24) is 0 Å². The van der Waals surface area contributed by atoms with E-state index in [-0.39, 0.29) is 12.4 Å². The van der Waals surface area contributed by atoms with E-state index in [1.807, 2.05) is 13.0 Å². The molecule has 2 heteroatoms. The Hall–Kier alpha value is -0.890. The lowest BCUT2D eigenvalue weighted by Crippen LogP contribution is -2.03. The van der Waals surface area contributed by atoms with Gasteiger partial charge in [0.25, 0.3) is 0 Å². The number of aliphatic hydroxyl groups is 1. The van der Waals surface area contributed by atoms with E-state index < -0.39 is 0 Å². The van der Waals surface area contributed by atoms with Crippen LogP contribution in [0.15, 0.2) is 24.3 Å². The minimum absolute atomic E-state index is 0.146. The minimum Gasteiger partial charge on any atom is -0.396 e. The van der Waals surface area contributed by atoms with E-state index in [0.717, 1.165) is 12.0 Å². The molecule has 0 amide bonds.